The first-order valence-electron chi connectivity index (χ1n) is 0.571. The van der Waals surface area contributed by atoms with Gasteiger partial charge in [-0.25, -0.2) is 0 Å². The molecule has 0 aliphatic heterocycles. The van der Waals surface area contributed by atoms with E-state index in [2.05, 4.69) is 74.5 Å². The van der Waals surface area contributed by atoms with Gasteiger partial charge in [-0.2, -0.15) is 0 Å². The van der Waals surface area contributed by atoms with Crippen LogP contribution in [0.15, 0.2) is 0 Å². The molecule has 0 heterocycles. The largest absolute Gasteiger partial charge is 2.00 e. The Morgan fingerprint density at radius 3 is 0.545 bits per heavy atom. The number of halogens is 6. The molecule has 0 amide bonds. The molecule has 0 aromatic heterocycles. The molecule has 0 saturated heterocycles. The van der Waals surface area contributed by atoms with Crippen molar-refractivity contribution in [3.05, 3.63) is 24.6 Å². The first-order valence-corrected chi connectivity index (χ1v) is 25.7. The van der Waals surface area contributed by atoms with Crippen LogP contribution in [-0.2, 0) is 19.5 Å². The minimum Gasteiger partial charge on any atom is -0.693 e. The molecule has 0 unspecified atom stereocenters. The smallest absolute Gasteiger partial charge is 0.693 e. The summed E-state index contributed by atoms with van der Waals surface area (Å²) in [6.45, 7) is 0. The summed E-state index contributed by atoms with van der Waals surface area (Å²) in [7, 11) is 0. The van der Waals surface area contributed by atoms with E-state index in [9.17, 15) is 0 Å². The Morgan fingerprint density at radius 1 is 0.545 bits per heavy atom. The third-order valence-corrected chi connectivity index (χ3v) is 0. The van der Waals surface area contributed by atoms with Gasteiger partial charge < -0.3 is 24.6 Å². The second-order valence-corrected chi connectivity index (χ2v) is 32.6. The van der Waals surface area contributed by atoms with Crippen molar-refractivity contribution in [1.29, 1.82) is 0 Å². The van der Waals surface area contributed by atoms with E-state index in [1.807, 2.05) is 0 Å². The van der Waals surface area contributed by atoms with E-state index in [0.29, 0.717) is 26.5 Å². The first-order chi connectivity index (χ1) is 2.83. The third-order valence-electron chi connectivity index (χ3n) is 0. The molecular weight excluding hydrogens is 883 g/mol. The van der Waals surface area contributed by atoms with Crippen LogP contribution in [0.1, 0.15) is 0 Å². The Kier molecular flexibility index (Phi) is 246. The standard InChI is InChI=1S/2I3.4H2N.Zn/c2*1-3-2;;;;;/h;;4*1H2;/q6*-1;+2. The topological polar surface area (TPSA) is 134 Å². The Bertz CT molecular complexity index is 16.5. The van der Waals surface area contributed by atoms with Crippen molar-refractivity contribution in [1.82, 2.24) is 0 Å². The van der Waals surface area contributed by atoms with Crippen molar-refractivity contribution in [2.24, 2.45) is 0 Å². The van der Waals surface area contributed by atoms with Crippen LogP contribution >= 0.6 is 74.5 Å². The van der Waals surface area contributed by atoms with Gasteiger partial charge in [0.2, 0.25) is 0 Å². The summed E-state index contributed by atoms with van der Waals surface area (Å²) < 4.78 is 0. The summed E-state index contributed by atoms with van der Waals surface area (Å²) in [4.78, 5) is 0. The van der Waals surface area contributed by atoms with Crippen molar-refractivity contribution in [3.63, 3.8) is 0 Å². The maximum Gasteiger partial charge on any atom is 2.00 e. The Hall–Kier alpha value is 4.84. The van der Waals surface area contributed by atoms with E-state index in [0.717, 1.165) is 0 Å². The van der Waals surface area contributed by atoms with Crippen molar-refractivity contribution in [2.45, 2.75) is 0 Å². The van der Waals surface area contributed by atoms with Crippen LogP contribution < -0.4 is 26.5 Å². The van der Waals surface area contributed by atoms with Gasteiger partial charge in [0.25, 0.3) is 0 Å². The summed E-state index contributed by atoms with van der Waals surface area (Å²) in [5.74, 6) is 0. The summed E-state index contributed by atoms with van der Waals surface area (Å²) in [6.07, 6.45) is 0. The van der Waals surface area contributed by atoms with Gasteiger partial charge in [0.1, 0.15) is 0 Å². The average Bonchev–Trinajstić information content (AvgIpc) is 1.39. The van der Waals surface area contributed by atoms with Crippen LogP contribution in [0.4, 0.5) is 0 Å². The second-order valence-electron chi connectivity index (χ2n) is 0.108. The normalized spacial score (nSPS) is 4.00. The molecule has 0 radical (unpaired) electrons. The van der Waals surface area contributed by atoms with Crippen LogP contribution in [-0.4, -0.2) is 0 Å². The molecular formula is H8I6N4Zn-4. The number of hydrogen-bond acceptors (Lipinski definition) is 0. The summed E-state index contributed by atoms with van der Waals surface area (Å²) in [5.41, 5.74) is 0. The molecule has 0 aromatic carbocycles. The van der Waals surface area contributed by atoms with Gasteiger partial charge in [-0.05, 0) is 0 Å². The molecule has 11 heavy (non-hydrogen) atoms. The van der Waals surface area contributed by atoms with Crippen LogP contribution in [0.3, 0.4) is 0 Å². The molecule has 0 atom stereocenters. The predicted octanol–water partition coefficient (Wildman–Crippen LogP) is 0.417. The van der Waals surface area contributed by atoms with Crippen LogP contribution in [0, 0.1) is 0 Å². The van der Waals surface area contributed by atoms with Gasteiger partial charge >= 0.3 is 120 Å². The monoisotopic (exact) mass is 889 g/mol. The van der Waals surface area contributed by atoms with Gasteiger partial charge in [0, 0.05) is 0 Å². The molecule has 0 aliphatic carbocycles. The molecule has 76 valence electrons. The summed E-state index contributed by atoms with van der Waals surface area (Å²) >= 11 is 10.6. The SMILES string of the molecule is I[I-]I.I[I-]I.[NH2-].[NH2-].[NH2-].[NH2-].[Zn+2]. The Balaban J connectivity index is -0.00000000400. The molecule has 0 fully saturated rings. The Labute approximate surface area is 141 Å². The van der Waals surface area contributed by atoms with Crippen LogP contribution in [0.2, 0.25) is 0 Å². The van der Waals surface area contributed by atoms with Crippen LogP contribution in [0.5, 0.6) is 0 Å². The molecule has 4 nitrogen and oxygen atoms in total. The minimum absolute atomic E-state index is 0. The van der Waals surface area contributed by atoms with Crippen molar-refractivity contribution in [2.75, 3.05) is 0 Å². The fourth-order valence-electron chi connectivity index (χ4n) is 0. The number of rotatable bonds is 0. The minimum atomic E-state index is 0. The second kappa shape index (κ2) is 60.7. The fourth-order valence-corrected chi connectivity index (χ4v) is 0. The maximum absolute atomic E-state index is 2.39. The van der Waals surface area contributed by atoms with E-state index < -0.39 is 0 Å². The maximum atomic E-state index is 2.39. The van der Waals surface area contributed by atoms with Crippen molar-refractivity contribution >= 4 is 74.5 Å². The van der Waals surface area contributed by atoms with Gasteiger partial charge in [-0.3, -0.25) is 0 Å². The van der Waals surface area contributed by atoms with Gasteiger partial charge in [0.15, 0.2) is 0 Å². The average molecular weight is 891 g/mol. The molecule has 0 aliphatic rings. The van der Waals surface area contributed by atoms with E-state index in [1.54, 1.807) is 0 Å². The van der Waals surface area contributed by atoms with Gasteiger partial charge in [-0.1, -0.05) is 0 Å². The summed E-state index contributed by atoms with van der Waals surface area (Å²) in [6, 6.07) is 0. The molecule has 0 bridgehead atoms. The molecule has 0 rings (SSSR count). The predicted molar refractivity (Wildman–Crippen MR) is 77.2 cm³/mol. The zero-order chi connectivity index (χ0) is 5.41. The zero-order valence-corrected chi connectivity index (χ0v) is 21.2. The molecule has 0 spiro atoms. The molecule has 0 aromatic rings. The molecule has 0 saturated carbocycles. The summed E-state index contributed by atoms with van der Waals surface area (Å²) in [5, 5.41) is 0. The quantitative estimate of drug-likeness (QED) is 0.247. The van der Waals surface area contributed by atoms with E-state index >= 15 is 0 Å². The third kappa shape index (κ3) is 104. The molecule has 8 N–H and O–H groups in total. The van der Waals surface area contributed by atoms with Crippen molar-refractivity contribution in [3.8, 4) is 0 Å². The van der Waals surface area contributed by atoms with E-state index in [-0.39, 0.29) is 44.1 Å². The van der Waals surface area contributed by atoms with Gasteiger partial charge in [0.05, 0.1) is 0 Å². The number of nitrogens with two attached hydrogens (primary N) is 4. The van der Waals surface area contributed by atoms with E-state index in [4.69, 9.17) is 0 Å². The van der Waals surface area contributed by atoms with Gasteiger partial charge in [-0.15, -0.1) is 0 Å². The van der Waals surface area contributed by atoms with Crippen LogP contribution in [0.25, 0.3) is 24.6 Å². The van der Waals surface area contributed by atoms with Crippen molar-refractivity contribution < 1.29 is 46.0 Å². The fraction of sp³-hybridized carbons (Fsp3) is 0. The zero-order valence-electron chi connectivity index (χ0n) is 5.28. The first kappa shape index (κ1) is 44.6. The Morgan fingerprint density at radius 2 is 0.545 bits per heavy atom. The number of hydrogen-bond donors (Lipinski definition) is 0. The van der Waals surface area contributed by atoms with E-state index in [1.165, 1.54) is 0 Å². The molecule has 11 heteroatoms.